The minimum Gasteiger partial charge on any atom is -1.00 e. The van der Waals surface area contributed by atoms with Crippen molar-refractivity contribution in [3.8, 4) is 0 Å². The number of hydrogen-bond acceptors (Lipinski definition) is 1. The molecule has 0 rings (SSSR count). The van der Waals surface area contributed by atoms with E-state index in [0.717, 1.165) is 0 Å². The van der Waals surface area contributed by atoms with Gasteiger partial charge in [-0.25, -0.2) is 0 Å². The second kappa shape index (κ2) is 9.19. The van der Waals surface area contributed by atoms with Gasteiger partial charge in [-0.2, -0.15) is 0 Å². The molecule has 0 fully saturated rings. The van der Waals surface area contributed by atoms with Crippen LogP contribution >= 0.6 is 0 Å². The van der Waals surface area contributed by atoms with Gasteiger partial charge in [0, 0.05) is 6.10 Å². The number of aliphatic hydroxyl groups excluding tert-OH is 1. The van der Waals surface area contributed by atoms with Gasteiger partial charge in [0.25, 0.3) is 0 Å². The van der Waals surface area contributed by atoms with Crippen molar-refractivity contribution in [1.82, 2.24) is 0 Å². The molecule has 0 saturated heterocycles. The van der Waals surface area contributed by atoms with Crippen molar-refractivity contribution in [1.29, 1.82) is 0 Å². The molecule has 0 aliphatic heterocycles. The van der Waals surface area contributed by atoms with E-state index >= 15 is 0 Å². The van der Waals surface area contributed by atoms with Gasteiger partial charge >= 0.3 is 23.1 Å². The zero-order chi connectivity index (χ0) is 3.58. The van der Waals surface area contributed by atoms with Gasteiger partial charge in [-0.05, 0) is 13.8 Å². The standard InChI is InChI=1S/C3H8O.Mg.H2O.2H/c1-3(2)4;;;;/h3-4H,1-2H3;;1H2;;/q;+2;;2*-1. The van der Waals surface area contributed by atoms with E-state index in [-0.39, 0.29) is 37.5 Å². The third-order valence-electron chi connectivity index (χ3n) is 0. The Morgan fingerprint density at radius 1 is 1.50 bits per heavy atom. The summed E-state index contributed by atoms with van der Waals surface area (Å²) in [4.78, 5) is 0. The van der Waals surface area contributed by atoms with E-state index in [1.165, 1.54) is 0 Å². The van der Waals surface area contributed by atoms with Gasteiger partial charge in [-0.1, -0.05) is 0 Å². The molecule has 2 nitrogen and oxygen atoms in total. The van der Waals surface area contributed by atoms with E-state index in [0.29, 0.717) is 0 Å². The molecule has 0 amide bonds. The van der Waals surface area contributed by atoms with Crippen LogP contribution in [0.2, 0.25) is 0 Å². The minimum absolute atomic E-state index is 0. The molecule has 0 aliphatic rings. The van der Waals surface area contributed by atoms with Gasteiger partial charge in [-0.3, -0.25) is 0 Å². The van der Waals surface area contributed by atoms with Crippen molar-refractivity contribution in [2.24, 2.45) is 0 Å². The summed E-state index contributed by atoms with van der Waals surface area (Å²) in [5, 5.41) is 8.06. The molecule has 0 aromatic carbocycles. The molecule has 3 heteroatoms. The zero-order valence-corrected chi connectivity index (χ0v) is 5.65. The predicted octanol–water partition coefficient (Wildman–Crippen LogP) is -0.593. The maximum Gasteiger partial charge on any atom is 2.00 e. The van der Waals surface area contributed by atoms with Crippen LogP contribution in [0.25, 0.3) is 0 Å². The fourth-order valence-electron chi connectivity index (χ4n) is 0. The van der Waals surface area contributed by atoms with Crippen molar-refractivity contribution < 1.29 is 13.4 Å². The van der Waals surface area contributed by atoms with Crippen LogP contribution in [0.1, 0.15) is 16.7 Å². The van der Waals surface area contributed by atoms with Gasteiger partial charge in [0.1, 0.15) is 0 Å². The molecule has 0 bridgehead atoms. The van der Waals surface area contributed by atoms with Crippen LogP contribution in [0.3, 0.4) is 0 Å². The molecule has 3 N–H and O–H groups in total. The van der Waals surface area contributed by atoms with Crippen LogP contribution in [-0.2, 0) is 0 Å². The van der Waals surface area contributed by atoms with E-state index in [9.17, 15) is 0 Å². The number of rotatable bonds is 0. The fraction of sp³-hybridized carbons (Fsp3) is 1.00. The number of aliphatic hydroxyl groups is 1. The van der Waals surface area contributed by atoms with Crippen molar-refractivity contribution >= 4 is 23.1 Å². The molecule has 0 heterocycles. The molecule has 0 aromatic heterocycles. The summed E-state index contributed by atoms with van der Waals surface area (Å²) in [6.07, 6.45) is -0.167. The second-order valence-electron chi connectivity index (χ2n) is 1.09. The number of hydrogen-bond donors (Lipinski definition) is 1. The molecular weight excluding hydrogens is 92.3 g/mol. The molecule has 0 spiro atoms. The summed E-state index contributed by atoms with van der Waals surface area (Å²) in [5.41, 5.74) is 0. The Labute approximate surface area is 57.0 Å². The van der Waals surface area contributed by atoms with Crippen molar-refractivity contribution in [3.05, 3.63) is 0 Å². The summed E-state index contributed by atoms with van der Waals surface area (Å²) >= 11 is 0. The van der Waals surface area contributed by atoms with E-state index in [4.69, 9.17) is 5.11 Å². The first kappa shape index (κ1) is 15.9. The summed E-state index contributed by atoms with van der Waals surface area (Å²) in [6, 6.07) is 0. The second-order valence-corrected chi connectivity index (χ2v) is 1.09. The Bertz CT molecular complexity index is 20.0. The van der Waals surface area contributed by atoms with Crippen LogP contribution < -0.4 is 0 Å². The van der Waals surface area contributed by atoms with Crippen LogP contribution in [0.4, 0.5) is 0 Å². The van der Waals surface area contributed by atoms with Crippen molar-refractivity contribution in [2.45, 2.75) is 20.0 Å². The van der Waals surface area contributed by atoms with Crippen LogP contribution in [0.15, 0.2) is 0 Å². The minimum atomic E-state index is -0.167. The first-order valence-corrected chi connectivity index (χ1v) is 1.41. The summed E-state index contributed by atoms with van der Waals surface area (Å²) in [5.74, 6) is 0. The quantitative estimate of drug-likeness (QED) is 0.410. The van der Waals surface area contributed by atoms with Crippen molar-refractivity contribution in [3.63, 3.8) is 0 Å². The first-order chi connectivity index (χ1) is 1.73. The summed E-state index contributed by atoms with van der Waals surface area (Å²) < 4.78 is 0. The Hall–Kier alpha value is 0.686. The maximum absolute atomic E-state index is 8.06. The Morgan fingerprint density at radius 2 is 1.50 bits per heavy atom. The van der Waals surface area contributed by atoms with E-state index in [1.54, 1.807) is 13.8 Å². The van der Waals surface area contributed by atoms with Crippen LogP contribution in [0.5, 0.6) is 0 Å². The normalized spacial score (nSPS) is 6.00. The maximum atomic E-state index is 8.06. The Kier molecular flexibility index (Phi) is 24.4. The van der Waals surface area contributed by atoms with Gasteiger partial charge in [0.15, 0.2) is 0 Å². The van der Waals surface area contributed by atoms with Crippen LogP contribution in [0, 0.1) is 0 Å². The topological polar surface area (TPSA) is 51.7 Å². The zero-order valence-electron chi connectivity index (χ0n) is 6.23. The van der Waals surface area contributed by atoms with Gasteiger partial charge in [0.05, 0.1) is 0 Å². The largest absolute Gasteiger partial charge is 2.00 e. The van der Waals surface area contributed by atoms with E-state index in [2.05, 4.69) is 0 Å². The van der Waals surface area contributed by atoms with E-state index < -0.39 is 0 Å². The summed E-state index contributed by atoms with van der Waals surface area (Å²) in [6.45, 7) is 3.44. The predicted molar refractivity (Wildman–Crippen MR) is 28.9 cm³/mol. The van der Waals surface area contributed by atoms with Gasteiger partial charge < -0.3 is 13.4 Å². The summed E-state index contributed by atoms with van der Waals surface area (Å²) in [7, 11) is 0. The smallest absolute Gasteiger partial charge is 1.00 e. The molecule has 0 aromatic rings. The van der Waals surface area contributed by atoms with E-state index in [1.807, 2.05) is 0 Å². The molecule has 6 heavy (non-hydrogen) atoms. The third-order valence-corrected chi connectivity index (χ3v) is 0. The molecule has 0 saturated carbocycles. The average Bonchev–Trinajstić information content (AvgIpc) is 0.811. The van der Waals surface area contributed by atoms with Gasteiger partial charge in [0.2, 0.25) is 0 Å². The molecule has 0 atom stereocenters. The molecule has 0 radical (unpaired) electrons. The van der Waals surface area contributed by atoms with Crippen LogP contribution in [-0.4, -0.2) is 39.7 Å². The molecule has 38 valence electrons. The SMILES string of the molecule is CC(C)O.O.[H-].[H-].[Mg+2]. The average molecular weight is 104 g/mol. The first-order valence-electron chi connectivity index (χ1n) is 1.41. The molecule has 0 aliphatic carbocycles. The third kappa shape index (κ3) is 135. The molecule has 0 unspecified atom stereocenters. The fourth-order valence-corrected chi connectivity index (χ4v) is 0. The Morgan fingerprint density at radius 3 is 1.50 bits per heavy atom. The van der Waals surface area contributed by atoms with Crippen molar-refractivity contribution in [2.75, 3.05) is 0 Å². The monoisotopic (exact) mass is 104 g/mol. The molecular formula is C3H12MgO2. The Balaban J connectivity index is -0.00000000750. The van der Waals surface area contributed by atoms with Gasteiger partial charge in [-0.15, -0.1) is 0 Å².